The molecule has 0 saturated carbocycles. The number of nitrogens with zero attached hydrogens (tertiary/aromatic N) is 2. The zero-order valence-electron chi connectivity index (χ0n) is 11.6. The van der Waals surface area contributed by atoms with E-state index in [-0.39, 0.29) is 24.8 Å². The number of carboxylic acid groups (broad SMARTS) is 1. The quantitative estimate of drug-likeness (QED) is 0.883. The number of carboxylic acids is 1. The van der Waals surface area contributed by atoms with Crippen LogP contribution in [0.15, 0.2) is 6.07 Å². The van der Waals surface area contributed by atoms with Crippen LogP contribution in [0.3, 0.4) is 0 Å². The highest BCUT2D eigenvalue weighted by Crippen LogP contribution is 2.31. The van der Waals surface area contributed by atoms with E-state index in [1.807, 2.05) is 13.1 Å². The van der Waals surface area contributed by atoms with Crippen molar-refractivity contribution in [2.75, 3.05) is 6.54 Å². The third-order valence-corrected chi connectivity index (χ3v) is 4.14. The van der Waals surface area contributed by atoms with Gasteiger partial charge in [0, 0.05) is 19.0 Å². The van der Waals surface area contributed by atoms with Gasteiger partial charge in [-0.1, -0.05) is 13.8 Å². The lowest BCUT2D eigenvalue weighted by Crippen LogP contribution is -2.25. The number of amides is 1. The van der Waals surface area contributed by atoms with Gasteiger partial charge in [-0.15, -0.1) is 11.3 Å². The summed E-state index contributed by atoms with van der Waals surface area (Å²) >= 11 is 1.37. The van der Waals surface area contributed by atoms with Crippen LogP contribution in [0.2, 0.25) is 0 Å². The maximum Gasteiger partial charge on any atom is 0.305 e. The van der Waals surface area contributed by atoms with Crippen molar-refractivity contribution in [2.24, 2.45) is 7.05 Å². The van der Waals surface area contributed by atoms with Crippen molar-refractivity contribution in [2.45, 2.75) is 26.2 Å². The van der Waals surface area contributed by atoms with E-state index in [4.69, 9.17) is 5.11 Å². The predicted molar refractivity (Wildman–Crippen MR) is 77.3 cm³/mol. The van der Waals surface area contributed by atoms with Crippen molar-refractivity contribution in [3.63, 3.8) is 0 Å². The van der Waals surface area contributed by atoms with Gasteiger partial charge < -0.3 is 10.4 Å². The Balaban J connectivity index is 2.21. The summed E-state index contributed by atoms with van der Waals surface area (Å²) in [5.41, 5.74) is 0.975. The molecule has 2 rings (SSSR count). The fourth-order valence-corrected chi connectivity index (χ4v) is 2.97. The molecule has 1 amide bonds. The highest BCUT2D eigenvalue weighted by Gasteiger charge is 2.18. The summed E-state index contributed by atoms with van der Waals surface area (Å²) in [5.74, 6) is -0.869. The fraction of sp³-hybridized carbons (Fsp3) is 0.462. The average Bonchev–Trinajstić information content (AvgIpc) is 2.89. The number of hydrogen-bond acceptors (Lipinski definition) is 4. The van der Waals surface area contributed by atoms with Gasteiger partial charge in [-0.2, -0.15) is 5.10 Å². The number of carbonyl (C=O) groups is 2. The third-order valence-electron chi connectivity index (χ3n) is 2.94. The monoisotopic (exact) mass is 295 g/mol. The van der Waals surface area contributed by atoms with Crippen molar-refractivity contribution in [3.8, 4) is 0 Å². The Morgan fingerprint density at radius 1 is 1.50 bits per heavy atom. The second kappa shape index (κ2) is 5.62. The molecule has 108 valence electrons. The summed E-state index contributed by atoms with van der Waals surface area (Å²) in [5, 5.41) is 16.6. The Morgan fingerprint density at radius 3 is 2.80 bits per heavy atom. The average molecular weight is 295 g/mol. The summed E-state index contributed by atoms with van der Waals surface area (Å²) in [7, 11) is 1.86. The molecule has 0 saturated heterocycles. The highest BCUT2D eigenvalue weighted by molar-refractivity contribution is 7.20. The molecule has 2 aromatic rings. The fourth-order valence-electron chi connectivity index (χ4n) is 1.97. The number of rotatable bonds is 5. The summed E-state index contributed by atoms with van der Waals surface area (Å²) < 4.78 is 1.78. The summed E-state index contributed by atoms with van der Waals surface area (Å²) in [6.45, 7) is 4.26. The first-order chi connectivity index (χ1) is 9.40. The van der Waals surface area contributed by atoms with E-state index in [1.54, 1.807) is 4.68 Å². The Kier molecular flexibility index (Phi) is 4.08. The van der Waals surface area contributed by atoms with Gasteiger partial charge in [-0.25, -0.2) is 0 Å². The van der Waals surface area contributed by atoms with Gasteiger partial charge in [0.15, 0.2) is 0 Å². The Morgan fingerprint density at radius 2 is 2.20 bits per heavy atom. The lowest BCUT2D eigenvalue weighted by atomic mass is 10.1. The Labute approximate surface area is 120 Å². The standard InChI is InChI=1S/C13H17N3O3S/c1-7(2)11-8-6-9(20-13(8)16(3)15-11)12(19)14-5-4-10(17)18/h6-7H,4-5H2,1-3H3,(H,14,19)(H,17,18). The van der Waals surface area contributed by atoms with Gasteiger partial charge >= 0.3 is 5.97 Å². The highest BCUT2D eigenvalue weighted by atomic mass is 32.1. The molecule has 0 aliphatic heterocycles. The van der Waals surface area contributed by atoms with Crippen molar-refractivity contribution >= 4 is 33.4 Å². The zero-order chi connectivity index (χ0) is 14.9. The number of carbonyl (C=O) groups excluding carboxylic acids is 1. The van der Waals surface area contributed by atoms with Crippen LogP contribution in [0.5, 0.6) is 0 Å². The van der Waals surface area contributed by atoms with Crippen LogP contribution in [-0.4, -0.2) is 33.3 Å². The molecule has 0 atom stereocenters. The molecule has 2 heterocycles. The molecule has 20 heavy (non-hydrogen) atoms. The first kappa shape index (κ1) is 14.5. The maximum atomic E-state index is 12.0. The lowest BCUT2D eigenvalue weighted by molar-refractivity contribution is -0.136. The smallest absolute Gasteiger partial charge is 0.305 e. The van der Waals surface area contributed by atoms with Crippen LogP contribution in [0, 0.1) is 0 Å². The van der Waals surface area contributed by atoms with Gasteiger partial charge in [0.25, 0.3) is 5.91 Å². The summed E-state index contributed by atoms with van der Waals surface area (Å²) in [6, 6.07) is 1.83. The topological polar surface area (TPSA) is 84.2 Å². The number of aliphatic carboxylic acids is 1. The van der Waals surface area contributed by atoms with Gasteiger partial charge in [-0.05, 0) is 12.0 Å². The van der Waals surface area contributed by atoms with E-state index in [1.165, 1.54) is 11.3 Å². The van der Waals surface area contributed by atoms with E-state index in [9.17, 15) is 9.59 Å². The first-order valence-corrected chi connectivity index (χ1v) is 7.18. The summed E-state index contributed by atoms with van der Waals surface area (Å²) in [4.78, 5) is 23.9. The van der Waals surface area contributed by atoms with Gasteiger partial charge in [0.2, 0.25) is 0 Å². The molecule has 0 fully saturated rings. The molecule has 0 aromatic carbocycles. The number of nitrogens with one attached hydrogen (secondary N) is 1. The lowest BCUT2D eigenvalue weighted by Gasteiger charge is -2.01. The van der Waals surface area contributed by atoms with E-state index < -0.39 is 5.97 Å². The van der Waals surface area contributed by atoms with Crippen molar-refractivity contribution in [1.82, 2.24) is 15.1 Å². The molecule has 0 unspecified atom stereocenters. The molecule has 2 N–H and O–H groups in total. The van der Waals surface area contributed by atoms with E-state index >= 15 is 0 Å². The molecule has 6 nitrogen and oxygen atoms in total. The van der Waals surface area contributed by atoms with E-state index in [2.05, 4.69) is 24.3 Å². The minimum absolute atomic E-state index is 0.0740. The maximum absolute atomic E-state index is 12.0. The molecule has 0 aliphatic carbocycles. The van der Waals surface area contributed by atoms with Crippen LogP contribution >= 0.6 is 11.3 Å². The SMILES string of the molecule is CC(C)c1nn(C)c2sc(C(=O)NCCC(=O)O)cc12. The van der Waals surface area contributed by atoms with Gasteiger partial charge in [0.05, 0.1) is 17.0 Å². The molecule has 0 bridgehead atoms. The summed E-state index contributed by atoms with van der Waals surface area (Å²) in [6.07, 6.45) is -0.0740. The number of thiophene rings is 1. The van der Waals surface area contributed by atoms with Crippen LogP contribution in [0.4, 0.5) is 0 Å². The number of aromatic nitrogens is 2. The van der Waals surface area contributed by atoms with Crippen molar-refractivity contribution < 1.29 is 14.7 Å². The molecule has 0 aliphatic rings. The normalized spacial score (nSPS) is 11.2. The van der Waals surface area contributed by atoms with E-state index in [0.29, 0.717) is 4.88 Å². The van der Waals surface area contributed by atoms with Gasteiger partial charge in [-0.3, -0.25) is 14.3 Å². The number of fused-ring (bicyclic) bond motifs is 1. The van der Waals surface area contributed by atoms with E-state index in [0.717, 1.165) is 15.9 Å². The minimum Gasteiger partial charge on any atom is -0.481 e. The molecule has 0 radical (unpaired) electrons. The van der Waals surface area contributed by atoms with Crippen LogP contribution in [0.1, 0.15) is 41.6 Å². The molecular formula is C13H17N3O3S. The third kappa shape index (κ3) is 2.82. The zero-order valence-corrected chi connectivity index (χ0v) is 12.5. The molecule has 7 heteroatoms. The van der Waals surface area contributed by atoms with Gasteiger partial charge in [0.1, 0.15) is 4.83 Å². The van der Waals surface area contributed by atoms with Crippen LogP contribution < -0.4 is 5.32 Å². The first-order valence-electron chi connectivity index (χ1n) is 6.36. The Hall–Kier alpha value is -1.89. The predicted octanol–water partition coefficient (Wildman–Crippen LogP) is 1.96. The number of hydrogen-bond donors (Lipinski definition) is 2. The minimum atomic E-state index is -0.923. The van der Waals surface area contributed by atoms with Crippen LogP contribution in [0.25, 0.3) is 10.2 Å². The van der Waals surface area contributed by atoms with Crippen LogP contribution in [-0.2, 0) is 11.8 Å². The molecule has 0 spiro atoms. The molecular weight excluding hydrogens is 278 g/mol. The largest absolute Gasteiger partial charge is 0.481 e. The second-order valence-corrected chi connectivity index (χ2v) is 5.92. The second-order valence-electron chi connectivity index (χ2n) is 4.89. The molecule has 2 aromatic heterocycles. The van der Waals surface area contributed by atoms with Crippen molar-refractivity contribution in [3.05, 3.63) is 16.6 Å². The Bertz CT molecular complexity index is 657. The van der Waals surface area contributed by atoms with Crippen molar-refractivity contribution in [1.29, 1.82) is 0 Å². The number of aryl methyl sites for hydroxylation is 1.